The normalized spacial score (nSPS) is 13.1. The molecule has 0 radical (unpaired) electrons. The van der Waals surface area contributed by atoms with Crippen LogP contribution in [-0.4, -0.2) is 8.42 Å². The van der Waals surface area contributed by atoms with Crippen molar-refractivity contribution < 1.29 is 30.4 Å². The first kappa shape index (κ1) is 14.2. The largest absolute Gasteiger partial charge is 0.416 e. The van der Waals surface area contributed by atoms with Crippen molar-refractivity contribution in [3.05, 3.63) is 29.3 Å². The van der Waals surface area contributed by atoms with Crippen LogP contribution in [0.15, 0.2) is 23.1 Å². The van der Waals surface area contributed by atoms with Crippen molar-refractivity contribution in [2.24, 2.45) is 0 Å². The summed E-state index contributed by atoms with van der Waals surface area (Å²) in [5.74, 6) is 0. The van der Waals surface area contributed by atoms with Gasteiger partial charge in [-0.3, -0.25) is 0 Å². The summed E-state index contributed by atoms with van der Waals surface area (Å²) in [6.07, 6.45) is -8.16. The molecule has 0 aromatic heterocycles. The molecule has 2 nitrogen and oxygen atoms in total. The molecule has 0 aliphatic rings. The van der Waals surface area contributed by atoms with Gasteiger partial charge in [0, 0.05) is 16.2 Å². The van der Waals surface area contributed by atoms with Crippen molar-refractivity contribution in [3.63, 3.8) is 0 Å². The standard InChI is InChI=1S/C8H4ClF5O2S/c9-17(15,16)6-2-4(7(10)11)1-5(3-6)8(12,13)14/h1-3,7H. The lowest BCUT2D eigenvalue weighted by Gasteiger charge is -2.10. The number of halogens is 6. The molecule has 1 rings (SSSR count). The quantitative estimate of drug-likeness (QED) is 0.617. The Bertz CT molecular complexity index is 523. The van der Waals surface area contributed by atoms with Gasteiger partial charge in [-0.25, -0.2) is 17.2 Å². The van der Waals surface area contributed by atoms with Crippen LogP contribution in [0.5, 0.6) is 0 Å². The first-order valence-corrected chi connectivity index (χ1v) is 6.28. The Kier molecular flexibility index (Phi) is 3.68. The second-order valence-corrected chi connectivity index (χ2v) is 5.59. The summed E-state index contributed by atoms with van der Waals surface area (Å²) in [5.41, 5.74) is -2.55. The molecular weight excluding hydrogens is 291 g/mol. The number of hydrogen-bond acceptors (Lipinski definition) is 2. The highest BCUT2D eigenvalue weighted by Gasteiger charge is 2.33. The number of rotatable bonds is 2. The summed E-state index contributed by atoms with van der Waals surface area (Å²) < 4.78 is 83.2. The molecule has 96 valence electrons. The van der Waals surface area contributed by atoms with Crippen LogP contribution in [0.1, 0.15) is 17.6 Å². The predicted octanol–water partition coefficient (Wildman–Crippen LogP) is 3.57. The fourth-order valence-electron chi connectivity index (χ4n) is 1.05. The van der Waals surface area contributed by atoms with Crippen LogP contribution in [0, 0.1) is 0 Å². The molecule has 9 heteroatoms. The van der Waals surface area contributed by atoms with E-state index in [-0.39, 0.29) is 12.1 Å². The Morgan fingerprint density at radius 2 is 1.65 bits per heavy atom. The van der Waals surface area contributed by atoms with E-state index in [0.717, 1.165) is 0 Å². The Morgan fingerprint density at radius 3 is 2.00 bits per heavy atom. The molecule has 0 aliphatic heterocycles. The third-order valence-corrected chi connectivity index (χ3v) is 3.12. The van der Waals surface area contributed by atoms with E-state index in [1.807, 2.05) is 0 Å². The highest BCUT2D eigenvalue weighted by molar-refractivity contribution is 8.13. The number of hydrogen-bond donors (Lipinski definition) is 0. The van der Waals surface area contributed by atoms with E-state index in [0.29, 0.717) is 6.07 Å². The fourth-order valence-corrected chi connectivity index (χ4v) is 1.86. The molecule has 0 saturated carbocycles. The van der Waals surface area contributed by atoms with E-state index in [9.17, 15) is 30.4 Å². The lowest BCUT2D eigenvalue weighted by atomic mass is 10.1. The maximum atomic E-state index is 12.3. The predicted molar refractivity (Wildman–Crippen MR) is 49.4 cm³/mol. The zero-order valence-corrected chi connectivity index (χ0v) is 9.37. The van der Waals surface area contributed by atoms with Crippen molar-refractivity contribution in [2.45, 2.75) is 17.5 Å². The summed E-state index contributed by atoms with van der Waals surface area (Å²) in [7, 11) is 0.315. The molecule has 0 fully saturated rings. The van der Waals surface area contributed by atoms with Crippen molar-refractivity contribution in [1.29, 1.82) is 0 Å². The van der Waals surface area contributed by atoms with Crippen molar-refractivity contribution >= 4 is 19.7 Å². The van der Waals surface area contributed by atoms with Gasteiger partial charge in [-0.1, -0.05) is 0 Å². The van der Waals surface area contributed by atoms with Crippen molar-refractivity contribution in [3.8, 4) is 0 Å². The van der Waals surface area contributed by atoms with Crippen molar-refractivity contribution in [1.82, 2.24) is 0 Å². The van der Waals surface area contributed by atoms with Crippen LogP contribution in [0.25, 0.3) is 0 Å². The number of alkyl halides is 5. The minimum atomic E-state index is -4.93. The van der Waals surface area contributed by atoms with Crippen molar-refractivity contribution in [2.75, 3.05) is 0 Å². The minimum absolute atomic E-state index is 0.177. The topological polar surface area (TPSA) is 34.1 Å². The Balaban J connectivity index is 3.51. The van der Waals surface area contributed by atoms with Crippen LogP contribution in [0.2, 0.25) is 0 Å². The van der Waals surface area contributed by atoms with Gasteiger partial charge in [0.1, 0.15) is 0 Å². The zero-order valence-electron chi connectivity index (χ0n) is 7.80. The van der Waals surface area contributed by atoms with E-state index in [2.05, 4.69) is 0 Å². The lowest BCUT2D eigenvalue weighted by molar-refractivity contribution is -0.137. The Labute approximate surface area is 97.4 Å². The highest BCUT2D eigenvalue weighted by Crippen LogP contribution is 2.34. The second kappa shape index (κ2) is 4.41. The highest BCUT2D eigenvalue weighted by atomic mass is 35.7. The summed E-state index contributed by atoms with van der Waals surface area (Å²) in [6, 6.07) is 0.784. The minimum Gasteiger partial charge on any atom is -0.207 e. The zero-order chi connectivity index (χ0) is 13.4. The average molecular weight is 295 g/mol. The summed E-state index contributed by atoms with van der Waals surface area (Å²) >= 11 is 0. The third kappa shape index (κ3) is 3.53. The molecular formula is C8H4ClF5O2S. The van der Waals surface area contributed by atoms with Gasteiger partial charge in [0.15, 0.2) is 0 Å². The van der Waals surface area contributed by atoms with E-state index >= 15 is 0 Å². The van der Waals surface area contributed by atoms with E-state index < -0.39 is 37.7 Å². The average Bonchev–Trinajstić information content (AvgIpc) is 2.14. The van der Waals surface area contributed by atoms with Crippen LogP contribution >= 0.6 is 10.7 Å². The van der Waals surface area contributed by atoms with Gasteiger partial charge in [-0.2, -0.15) is 13.2 Å². The molecule has 0 saturated heterocycles. The third-order valence-electron chi connectivity index (χ3n) is 1.79. The first-order chi connectivity index (χ1) is 7.51. The van der Waals surface area contributed by atoms with Gasteiger partial charge in [0.05, 0.1) is 10.5 Å². The molecule has 1 aromatic carbocycles. The molecule has 1 aromatic rings. The summed E-state index contributed by atoms with van der Waals surface area (Å²) in [4.78, 5) is -1.01. The molecule has 0 aliphatic carbocycles. The van der Waals surface area contributed by atoms with E-state index in [4.69, 9.17) is 10.7 Å². The molecule has 17 heavy (non-hydrogen) atoms. The van der Waals surface area contributed by atoms with Crippen LogP contribution in [0.4, 0.5) is 22.0 Å². The lowest BCUT2D eigenvalue weighted by Crippen LogP contribution is -2.07. The smallest absolute Gasteiger partial charge is 0.207 e. The Hall–Kier alpha value is -0.890. The maximum Gasteiger partial charge on any atom is 0.416 e. The Morgan fingerprint density at radius 1 is 1.12 bits per heavy atom. The second-order valence-electron chi connectivity index (χ2n) is 3.03. The van der Waals surface area contributed by atoms with Gasteiger partial charge in [0.25, 0.3) is 15.5 Å². The van der Waals surface area contributed by atoms with Gasteiger partial charge < -0.3 is 0 Å². The molecule has 0 bridgehead atoms. The molecule has 0 atom stereocenters. The van der Waals surface area contributed by atoms with E-state index in [1.54, 1.807) is 0 Å². The van der Waals surface area contributed by atoms with E-state index in [1.165, 1.54) is 0 Å². The van der Waals surface area contributed by atoms with Gasteiger partial charge >= 0.3 is 6.18 Å². The molecule has 0 heterocycles. The SMILES string of the molecule is O=S(=O)(Cl)c1cc(C(F)F)cc(C(F)(F)F)c1. The van der Waals surface area contributed by atoms with Crippen LogP contribution in [0.3, 0.4) is 0 Å². The van der Waals surface area contributed by atoms with Gasteiger partial charge in [-0.05, 0) is 18.2 Å². The molecule has 0 amide bonds. The molecule has 0 spiro atoms. The summed E-state index contributed by atoms with van der Waals surface area (Å²) in [6.45, 7) is 0. The summed E-state index contributed by atoms with van der Waals surface area (Å²) in [5, 5.41) is 0. The molecule has 0 unspecified atom stereocenters. The van der Waals surface area contributed by atoms with Gasteiger partial charge in [0.2, 0.25) is 0 Å². The monoisotopic (exact) mass is 294 g/mol. The van der Waals surface area contributed by atoms with Gasteiger partial charge in [-0.15, -0.1) is 0 Å². The maximum absolute atomic E-state index is 12.3. The molecule has 0 N–H and O–H groups in total. The van der Waals surface area contributed by atoms with Crippen LogP contribution in [-0.2, 0) is 15.2 Å². The first-order valence-electron chi connectivity index (χ1n) is 3.97. The number of benzene rings is 1. The van der Waals surface area contributed by atoms with Crippen LogP contribution < -0.4 is 0 Å². The fraction of sp³-hybridized carbons (Fsp3) is 0.250.